The van der Waals surface area contributed by atoms with E-state index in [4.69, 9.17) is 0 Å². The van der Waals surface area contributed by atoms with E-state index in [1.165, 1.54) is 13.8 Å². The van der Waals surface area contributed by atoms with E-state index in [-0.39, 0.29) is 11.6 Å². The molecule has 0 atom stereocenters. The van der Waals surface area contributed by atoms with E-state index in [1.807, 2.05) is 0 Å². The zero-order valence-corrected chi connectivity index (χ0v) is 7.39. The summed E-state index contributed by atoms with van der Waals surface area (Å²) >= 11 is 0. The third-order valence-electron chi connectivity index (χ3n) is 1.87. The molecule has 0 radical (unpaired) electrons. The molecule has 3 heteroatoms. The fraction of sp³-hybridized carbons (Fsp3) is 0.333. The molecule has 0 saturated heterocycles. The molecule has 0 saturated carbocycles. The highest BCUT2D eigenvalue weighted by Gasteiger charge is 2.12. The summed E-state index contributed by atoms with van der Waals surface area (Å²) in [6.45, 7) is 4.73. The number of aromatic nitrogens is 1. The summed E-state index contributed by atoms with van der Waals surface area (Å²) in [6.07, 6.45) is 1.58. The van der Waals surface area contributed by atoms with Crippen molar-refractivity contribution < 1.29 is 9.59 Å². The Labute approximate surface area is 70.8 Å². The maximum absolute atomic E-state index is 11.0. The summed E-state index contributed by atoms with van der Waals surface area (Å²) in [5.74, 6) is -0.0590. The molecule has 0 aliphatic carbocycles. The predicted octanol–water partition coefficient (Wildman–Crippen LogP) is 1.73. The zero-order chi connectivity index (χ0) is 9.30. The van der Waals surface area contributed by atoms with Gasteiger partial charge in [-0.25, -0.2) is 0 Å². The van der Waals surface area contributed by atoms with Crippen LogP contribution in [0.3, 0.4) is 0 Å². The van der Waals surface area contributed by atoms with E-state index >= 15 is 0 Å². The smallest absolute Gasteiger partial charge is 0.176 e. The fourth-order valence-corrected chi connectivity index (χ4v) is 1.23. The number of ketones is 2. The highest BCUT2D eigenvalue weighted by molar-refractivity contribution is 6.01. The summed E-state index contributed by atoms with van der Waals surface area (Å²) in [5, 5.41) is 0. The number of hydrogen-bond acceptors (Lipinski definition) is 2. The number of carbonyl (C=O) groups is 2. The average Bonchev–Trinajstić information content (AvgIpc) is 2.30. The van der Waals surface area contributed by atoms with Crippen LogP contribution >= 0.6 is 0 Å². The van der Waals surface area contributed by atoms with Crippen molar-refractivity contribution in [3.8, 4) is 0 Å². The third-order valence-corrected chi connectivity index (χ3v) is 1.87. The van der Waals surface area contributed by atoms with Crippen LogP contribution in [0.5, 0.6) is 0 Å². The molecule has 0 spiro atoms. The van der Waals surface area contributed by atoms with Crippen molar-refractivity contribution in [2.45, 2.75) is 20.8 Å². The van der Waals surface area contributed by atoms with Crippen LogP contribution < -0.4 is 0 Å². The van der Waals surface area contributed by atoms with Gasteiger partial charge in [-0.3, -0.25) is 9.59 Å². The van der Waals surface area contributed by atoms with Gasteiger partial charge >= 0.3 is 0 Å². The molecule has 0 aliphatic heterocycles. The molecule has 12 heavy (non-hydrogen) atoms. The first kappa shape index (κ1) is 8.71. The van der Waals surface area contributed by atoms with Gasteiger partial charge in [0.05, 0.1) is 5.69 Å². The van der Waals surface area contributed by atoms with E-state index in [0.717, 1.165) is 5.56 Å². The first-order valence-corrected chi connectivity index (χ1v) is 3.74. The van der Waals surface area contributed by atoms with Crippen LogP contribution in [-0.2, 0) is 0 Å². The number of rotatable bonds is 2. The number of aromatic amines is 1. The monoisotopic (exact) mass is 165 g/mol. The number of carbonyl (C=O) groups excluding carboxylic acids is 2. The van der Waals surface area contributed by atoms with Crippen molar-refractivity contribution >= 4 is 11.6 Å². The Kier molecular flexibility index (Phi) is 2.13. The Balaban J connectivity index is 3.22. The molecule has 64 valence electrons. The maximum Gasteiger partial charge on any atom is 0.176 e. The summed E-state index contributed by atoms with van der Waals surface area (Å²) in [6, 6.07) is 0. The molecule has 3 nitrogen and oxygen atoms in total. The summed E-state index contributed by atoms with van der Waals surface area (Å²) < 4.78 is 0. The highest BCUT2D eigenvalue weighted by atomic mass is 16.1. The fourth-order valence-electron chi connectivity index (χ4n) is 1.23. The van der Waals surface area contributed by atoms with E-state index in [9.17, 15) is 9.59 Å². The minimum atomic E-state index is -0.0417. The van der Waals surface area contributed by atoms with Crippen LogP contribution in [0.15, 0.2) is 6.20 Å². The van der Waals surface area contributed by atoms with Gasteiger partial charge in [-0.05, 0) is 19.4 Å². The molecule has 0 bridgehead atoms. The maximum atomic E-state index is 11.0. The van der Waals surface area contributed by atoms with Crippen molar-refractivity contribution in [3.63, 3.8) is 0 Å². The van der Waals surface area contributed by atoms with Crippen LogP contribution in [0.4, 0.5) is 0 Å². The van der Waals surface area contributed by atoms with Gasteiger partial charge in [0.1, 0.15) is 0 Å². The van der Waals surface area contributed by atoms with Crippen LogP contribution in [0.25, 0.3) is 0 Å². The zero-order valence-electron chi connectivity index (χ0n) is 7.39. The molecule has 0 fully saturated rings. The molecule has 1 aromatic heterocycles. The van der Waals surface area contributed by atoms with Gasteiger partial charge in [-0.15, -0.1) is 0 Å². The van der Waals surface area contributed by atoms with E-state index < -0.39 is 0 Å². The molecule has 1 aromatic rings. The predicted molar refractivity (Wildman–Crippen MR) is 45.5 cm³/mol. The first-order chi connectivity index (χ1) is 5.54. The molecular weight excluding hydrogens is 154 g/mol. The lowest BCUT2D eigenvalue weighted by Crippen LogP contribution is -1.97. The molecule has 1 rings (SSSR count). The Bertz CT molecular complexity index is 305. The van der Waals surface area contributed by atoms with Crippen LogP contribution in [0, 0.1) is 6.92 Å². The van der Waals surface area contributed by atoms with Crippen LogP contribution in [0.1, 0.15) is 40.3 Å². The molecule has 0 aromatic carbocycles. The van der Waals surface area contributed by atoms with Crippen LogP contribution in [0.2, 0.25) is 0 Å². The molecule has 0 amide bonds. The second kappa shape index (κ2) is 2.93. The molecule has 1 N–H and O–H groups in total. The number of Topliss-reactive ketones (excluding diaryl/α,β-unsaturated/α-hetero) is 2. The summed E-state index contributed by atoms with van der Waals surface area (Å²) in [5.41, 5.74) is 1.87. The third kappa shape index (κ3) is 1.30. The number of H-pyrrole nitrogens is 1. The van der Waals surface area contributed by atoms with Crippen molar-refractivity contribution in [2.75, 3.05) is 0 Å². The van der Waals surface area contributed by atoms with E-state index in [2.05, 4.69) is 4.98 Å². The highest BCUT2D eigenvalue weighted by Crippen LogP contribution is 2.13. The van der Waals surface area contributed by atoms with Gasteiger partial charge in [-0.1, -0.05) is 0 Å². The van der Waals surface area contributed by atoms with Gasteiger partial charge in [0.15, 0.2) is 11.6 Å². The minimum Gasteiger partial charge on any atom is -0.358 e. The lowest BCUT2D eigenvalue weighted by atomic mass is 10.1. The Morgan fingerprint density at radius 3 is 2.08 bits per heavy atom. The van der Waals surface area contributed by atoms with Crippen molar-refractivity contribution in [2.24, 2.45) is 0 Å². The largest absolute Gasteiger partial charge is 0.358 e. The Hall–Kier alpha value is -1.38. The summed E-state index contributed by atoms with van der Waals surface area (Å²) in [7, 11) is 0. The van der Waals surface area contributed by atoms with Crippen LogP contribution in [-0.4, -0.2) is 16.6 Å². The minimum absolute atomic E-state index is 0.0174. The van der Waals surface area contributed by atoms with Crippen molar-refractivity contribution in [1.82, 2.24) is 4.98 Å². The second-order valence-electron chi connectivity index (χ2n) is 2.81. The molecule has 0 unspecified atom stereocenters. The van der Waals surface area contributed by atoms with Gasteiger partial charge < -0.3 is 4.98 Å². The topological polar surface area (TPSA) is 49.9 Å². The normalized spacial score (nSPS) is 9.92. The average molecular weight is 165 g/mol. The SMILES string of the molecule is CC(=O)c1c[nH]c(C(C)=O)c1C. The van der Waals surface area contributed by atoms with Gasteiger partial charge in [0.2, 0.25) is 0 Å². The van der Waals surface area contributed by atoms with Gasteiger partial charge in [0.25, 0.3) is 0 Å². The van der Waals surface area contributed by atoms with E-state index in [1.54, 1.807) is 13.1 Å². The number of hydrogen-bond donors (Lipinski definition) is 1. The molecular formula is C9H11NO2. The lowest BCUT2D eigenvalue weighted by molar-refractivity contribution is 0.101. The van der Waals surface area contributed by atoms with Gasteiger partial charge in [-0.2, -0.15) is 0 Å². The molecule has 1 heterocycles. The standard InChI is InChI=1S/C9H11NO2/c1-5-8(6(2)11)4-10-9(5)7(3)12/h4,10H,1-3H3. The lowest BCUT2D eigenvalue weighted by Gasteiger charge is -1.93. The van der Waals surface area contributed by atoms with E-state index in [0.29, 0.717) is 11.3 Å². The van der Waals surface area contributed by atoms with Crippen molar-refractivity contribution in [3.05, 3.63) is 23.0 Å². The van der Waals surface area contributed by atoms with Crippen molar-refractivity contribution in [1.29, 1.82) is 0 Å². The number of nitrogens with one attached hydrogen (secondary N) is 1. The quantitative estimate of drug-likeness (QED) is 0.678. The first-order valence-electron chi connectivity index (χ1n) is 3.74. The second-order valence-corrected chi connectivity index (χ2v) is 2.81. The molecule has 0 aliphatic rings. The Morgan fingerprint density at radius 2 is 1.83 bits per heavy atom. The summed E-state index contributed by atoms with van der Waals surface area (Å²) in [4.78, 5) is 24.7. The van der Waals surface area contributed by atoms with Gasteiger partial charge in [0, 0.05) is 18.7 Å². The Morgan fingerprint density at radius 1 is 1.25 bits per heavy atom.